The molecule has 21 heavy (non-hydrogen) atoms. The first kappa shape index (κ1) is 15.3. The molecule has 6 nitrogen and oxygen atoms in total. The molecule has 1 N–H and O–H groups in total. The van der Waals surface area contributed by atoms with Gasteiger partial charge >= 0.3 is 6.18 Å². The molecule has 1 aliphatic heterocycles. The first-order chi connectivity index (χ1) is 9.79. The zero-order valence-corrected chi connectivity index (χ0v) is 11.2. The van der Waals surface area contributed by atoms with Crippen molar-refractivity contribution < 1.29 is 27.3 Å². The van der Waals surface area contributed by atoms with Crippen molar-refractivity contribution in [1.29, 1.82) is 0 Å². The highest BCUT2D eigenvalue weighted by atomic mass is 19.4. The third-order valence-corrected chi connectivity index (χ3v) is 3.37. The first-order valence-corrected chi connectivity index (χ1v) is 6.34. The molecule has 0 spiro atoms. The summed E-state index contributed by atoms with van der Waals surface area (Å²) in [5, 5.41) is 6.00. The topological polar surface area (TPSA) is 75.4 Å². The van der Waals surface area contributed by atoms with E-state index in [-0.39, 0.29) is 25.1 Å². The van der Waals surface area contributed by atoms with Crippen LogP contribution >= 0.6 is 0 Å². The maximum Gasteiger partial charge on any atom is 0.408 e. The maximum absolute atomic E-state index is 12.9. The normalized spacial score (nSPS) is 23.0. The molecule has 116 valence electrons. The lowest BCUT2D eigenvalue weighted by molar-refractivity contribution is -0.196. The lowest BCUT2D eigenvalue weighted by Crippen LogP contribution is -2.57. The molecule has 1 fully saturated rings. The van der Waals surface area contributed by atoms with Gasteiger partial charge in [-0.05, 0) is 12.8 Å². The molecule has 2 atom stereocenters. The van der Waals surface area contributed by atoms with Gasteiger partial charge in [0.25, 0.3) is 5.91 Å². The molecule has 0 bridgehead atoms. The van der Waals surface area contributed by atoms with Crippen LogP contribution < -0.4 is 5.32 Å². The van der Waals surface area contributed by atoms with E-state index in [4.69, 9.17) is 0 Å². The lowest BCUT2D eigenvalue weighted by atomic mass is 9.97. The van der Waals surface area contributed by atoms with Crippen molar-refractivity contribution in [2.45, 2.75) is 38.0 Å². The molecule has 1 aromatic rings. The minimum absolute atomic E-state index is 0.0438. The van der Waals surface area contributed by atoms with Gasteiger partial charge in [0.1, 0.15) is 12.3 Å². The Bertz CT molecular complexity index is 516. The van der Waals surface area contributed by atoms with Gasteiger partial charge in [-0.1, -0.05) is 5.16 Å². The second-order valence-electron chi connectivity index (χ2n) is 4.86. The Morgan fingerprint density at radius 2 is 2.14 bits per heavy atom. The van der Waals surface area contributed by atoms with Gasteiger partial charge < -0.3 is 14.7 Å². The number of carbonyl (C=O) groups excluding carboxylic acids is 2. The molecule has 0 aliphatic carbocycles. The summed E-state index contributed by atoms with van der Waals surface area (Å²) in [6, 6.07) is -0.994. The Hall–Kier alpha value is -2.06. The maximum atomic E-state index is 12.9. The van der Waals surface area contributed by atoms with Crippen LogP contribution in [0.3, 0.4) is 0 Å². The van der Waals surface area contributed by atoms with Crippen molar-refractivity contribution in [2.24, 2.45) is 0 Å². The molecule has 0 saturated carbocycles. The smallest absolute Gasteiger partial charge is 0.364 e. The average Bonchev–Trinajstić information content (AvgIpc) is 2.91. The van der Waals surface area contributed by atoms with Crippen LogP contribution in [0.5, 0.6) is 0 Å². The quantitative estimate of drug-likeness (QED) is 0.895. The molecule has 1 aliphatic rings. The van der Waals surface area contributed by atoms with Crippen LogP contribution in [-0.4, -0.2) is 46.7 Å². The van der Waals surface area contributed by atoms with E-state index >= 15 is 0 Å². The highest BCUT2D eigenvalue weighted by Crippen LogP contribution is 2.32. The second-order valence-corrected chi connectivity index (χ2v) is 4.86. The number of hydrogen-bond acceptors (Lipinski definition) is 4. The highest BCUT2D eigenvalue weighted by molar-refractivity contribution is 5.92. The van der Waals surface area contributed by atoms with Crippen LogP contribution in [-0.2, 0) is 4.79 Å². The van der Waals surface area contributed by atoms with Gasteiger partial charge in [0.2, 0.25) is 5.91 Å². The van der Waals surface area contributed by atoms with E-state index in [1.165, 1.54) is 12.3 Å². The minimum Gasteiger partial charge on any atom is -0.364 e. The predicted molar refractivity (Wildman–Crippen MR) is 64.2 cm³/mol. The number of rotatable bonds is 2. The van der Waals surface area contributed by atoms with Crippen molar-refractivity contribution in [3.05, 3.63) is 18.0 Å². The summed E-state index contributed by atoms with van der Waals surface area (Å²) in [5.74, 6) is -1.21. The molecule has 2 heterocycles. The van der Waals surface area contributed by atoms with Crippen molar-refractivity contribution in [3.63, 3.8) is 0 Å². The van der Waals surface area contributed by atoms with Crippen molar-refractivity contribution in [1.82, 2.24) is 15.4 Å². The molecular formula is C12H14F3N3O3. The summed E-state index contributed by atoms with van der Waals surface area (Å²) in [7, 11) is 0. The molecule has 1 saturated heterocycles. The number of alkyl halides is 3. The molecule has 0 aromatic carbocycles. The van der Waals surface area contributed by atoms with E-state index in [1.807, 2.05) is 0 Å². The van der Waals surface area contributed by atoms with Gasteiger partial charge in [0.15, 0.2) is 5.69 Å². The van der Waals surface area contributed by atoms with E-state index in [0.29, 0.717) is 0 Å². The number of nitrogens with one attached hydrogen (secondary N) is 1. The fourth-order valence-electron chi connectivity index (χ4n) is 2.37. The Morgan fingerprint density at radius 1 is 1.43 bits per heavy atom. The van der Waals surface area contributed by atoms with Crippen LogP contribution in [0.15, 0.2) is 16.9 Å². The SMILES string of the molecule is CC(=O)N1CC(NC(=O)c2ccon2)CCC1C(F)(F)F. The summed E-state index contributed by atoms with van der Waals surface area (Å²) in [5.41, 5.74) is 0.0438. The zero-order chi connectivity index (χ0) is 15.6. The first-order valence-electron chi connectivity index (χ1n) is 6.34. The fourth-order valence-corrected chi connectivity index (χ4v) is 2.37. The summed E-state index contributed by atoms with van der Waals surface area (Å²) in [6.07, 6.45) is -3.35. The Balaban J connectivity index is 2.02. The largest absolute Gasteiger partial charge is 0.408 e. The number of aromatic nitrogens is 1. The number of amides is 2. The second kappa shape index (κ2) is 5.74. The van der Waals surface area contributed by atoms with Crippen molar-refractivity contribution in [3.8, 4) is 0 Å². The van der Waals surface area contributed by atoms with E-state index < -0.39 is 30.1 Å². The van der Waals surface area contributed by atoms with Crippen LogP contribution in [0.25, 0.3) is 0 Å². The van der Waals surface area contributed by atoms with E-state index in [0.717, 1.165) is 11.8 Å². The minimum atomic E-state index is -4.47. The number of halogens is 3. The van der Waals surface area contributed by atoms with E-state index in [1.54, 1.807) is 0 Å². The van der Waals surface area contributed by atoms with Gasteiger partial charge in [-0.2, -0.15) is 13.2 Å². The van der Waals surface area contributed by atoms with Gasteiger partial charge in [-0.15, -0.1) is 0 Å². The molecule has 2 rings (SSSR count). The van der Waals surface area contributed by atoms with E-state index in [2.05, 4.69) is 15.0 Å². The summed E-state index contributed by atoms with van der Waals surface area (Å²) < 4.78 is 43.1. The van der Waals surface area contributed by atoms with Crippen LogP contribution in [0.1, 0.15) is 30.3 Å². The van der Waals surface area contributed by atoms with Crippen LogP contribution in [0.2, 0.25) is 0 Å². The number of hydrogen-bond donors (Lipinski definition) is 1. The number of nitrogens with zero attached hydrogens (tertiary/aromatic N) is 2. The lowest BCUT2D eigenvalue weighted by Gasteiger charge is -2.40. The Labute approximate surface area is 118 Å². The van der Waals surface area contributed by atoms with Crippen molar-refractivity contribution in [2.75, 3.05) is 6.54 Å². The van der Waals surface area contributed by atoms with Gasteiger partial charge in [0, 0.05) is 25.6 Å². The fraction of sp³-hybridized carbons (Fsp3) is 0.583. The molecule has 2 unspecified atom stereocenters. The number of piperidine rings is 1. The molecule has 1 aromatic heterocycles. The number of carbonyl (C=O) groups is 2. The van der Waals surface area contributed by atoms with Gasteiger partial charge in [0.05, 0.1) is 0 Å². The predicted octanol–water partition coefficient (Wildman–Crippen LogP) is 1.35. The standard InChI is InChI=1S/C12H14F3N3O3/c1-7(19)18-6-8(2-3-10(18)12(13,14)15)16-11(20)9-4-5-21-17-9/h4-5,8,10H,2-3,6H2,1H3,(H,16,20). The highest BCUT2D eigenvalue weighted by Gasteiger charge is 2.47. The van der Waals surface area contributed by atoms with Gasteiger partial charge in [-0.3, -0.25) is 9.59 Å². The monoisotopic (exact) mass is 305 g/mol. The van der Waals surface area contributed by atoms with E-state index in [9.17, 15) is 22.8 Å². The molecular weight excluding hydrogens is 291 g/mol. The Morgan fingerprint density at radius 3 is 2.67 bits per heavy atom. The number of likely N-dealkylation sites (tertiary alicyclic amines) is 1. The van der Waals surface area contributed by atoms with Crippen LogP contribution in [0.4, 0.5) is 13.2 Å². The van der Waals surface area contributed by atoms with Crippen LogP contribution in [0, 0.1) is 0 Å². The third kappa shape index (κ3) is 3.53. The Kier molecular flexibility index (Phi) is 4.19. The summed E-state index contributed by atoms with van der Waals surface area (Å²) >= 11 is 0. The average molecular weight is 305 g/mol. The van der Waals surface area contributed by atoms with Crippen molar-refractivity contribution >= 4 is 11.8 Å². The summed E-state index contributed by atoms with van der Waals surface area (Å²) in [6.45, 7) is 0.906. The zero-order valence-electron chi connectivity index (χ0n) is 11.2. The summed E-state index contributed by atoms with van der Waals surface area (Å²) in [4.78, 5) is 23.9. The molecule has 0 radical (unpaired) electrons. The molecule has 9 heteroatoms. The third-order valence-electron chi connectivity index (χ3n) is 3.37. The van der Waals surface area contributed by atoms with Gasteiger partial charge in [-0.25, -0.2) is 0 Å². The molecule has 2 amide bonds.